The molecule has 3 aromatic carbocycles. The number of nitrogens with zero attached hydrogens (tertiary/aromatic N) is 1. The molecule has 3 aromatic rings. The minimum absolute atomic E-state index is 0.196. The van der Waals surface area contributed by atoms with Gasteiger partial charge in [0, 0.05) is 23.5 Å². The highest BCUT2D eigenvalue weighted by Gasteiger charge is 2.30. The number of benzene rings is 3. The number of fused-ring (bicyclic) bond motifs is 1. The van der Waals surface area contributed by atoms with Crippen LogP contribution in [0.4, 0.5) is 18.9 Å². The van der Waals surface area contributed by atoms with Crippen molar-refractivity contribution in [2.45, 2.75) is 31.1 Å². The van der Waals surface area contributed by atoms with Crippen molar-refractivity contribution < 1.29 is 22.7 Å². The molecule has 0 fully saturated rings. The molecule has 0 bridgehead atoms. The predicted molar refractivity (Wildman–Crippen MR) is 128 cm³/mol. The van der Waals surface area contributed by atoms with Crippen LogP contribution in [0.5, 0.6) is 5.75 Å². The number of nitrogens with one attached hydrogen (secondary N) is 1. The minimum Gasteiger partial charge on any atom is -0.490 e. The Morgan fingerprint density at radius 3 is 2.41 bits per heavy atom. The number of amides is 1. The SMILES string of the molecule is CCSc1ccc(CNC(=O)c2ccc3c(c2)OCCN3Cc2ccc(C(F)(F)F)cc2)cc1. The third kappa shape index (κ3) is 5.86. The molecule has 1 aliphatic rings. The fourth-order valence-electron chi connectivity index (χ4n) is 3.76. The molecule has 0 saturated carbocycles. The number of anilines is 1. The normalized spacial score (nSPS) is 13.2. The smallest absolute Gasteiger partial charge is 0.416 e. The Labute approximate surface area is 201 Å². The van der Waals surface area contributed by atoms with Gasteiger partial charge < -0.3 is 15.0 Å². The molecule has 4 nitrogen and oxygen atoms in total. The molecule has 34 heavy (non-hydrogen) atoms. The summed E-state index contributed by atoms with van der Waals surface area (Å²) < 4.78 is 44.2. The molecule has 1 N–H and O–H groups in total. The summed E-state index contributed by atoms with van der Waals surface area (Å²) in [7, 11) is 0. The summed E-state index contributed by atoms with van der Waals surface area (Å²) >= 11 is 1.77. The van der Waals surface area contributed by atoms with Crippen LogP contribution in [0.25, 0.3) is 0 Å². The molecule has 4 rings (SSSR count). The van der Waals surface area contributed by atoms with E-state index in [2.05, 4.69) is 12.2 Å². The summed E-state index contributed by atoms with van der Waals surface area (Å²) in [6.07, 6.45) is -4.35. The van der Waals surface area contributed by atoms with E-state index in [0.29, 0.717) is 37.6 Å². The van der Waals surface area contributed by atoms with Gasteiger partial charge in [0.25, 0.3) is 5.91 Å². The molecular formula is C26H25F3N2O2S. The quantitative estimate of drug-likeness (QED) is 0.407. The predicted octanol–water partition coefficient (Wildman–Crippen LogP) is 6.15. The standard InChI is InChI=1S/C26H25F3N2O2S/c1-2-34-22-10-5-18(6-11-22)16-30-25(32)20-7-12-23-24(15-20)33-14-13-31(23)17-19-3-8-21(9-4-19)26(27,28)29/h3-12,15H,2,13-14,16-17H2,1H3,(H,30,32). The second-order valence-corrected chi connectivity index (χ2v) is 9.24. The molecule has 0 saturated heterocycles. The van der Waals surface area contributed by atoms with Gasteiger partial charge >= 0.3 is 6.18 Å². The van der Waals surface area contributed by atoms with E-state index in [-0.39, 0.29) is 5.91 Å². The fourth-order valence-corrected chi connectivity index (χ4v) is 4.42. The van der Waals surface area contributed by atoms with Crippen molar-refractivity contribution in [3.63, 3.8) is 0 Å². The first-order chi connectivity index (χ1) is 16.3. The van der Waals surface area contributed by atoms with Gasteiger partial charge in [-0.3, -0.25) is 4.79 Å². The third-order valence-corrected chi connectivity index (χ3v) is 6.42. The van der Waals surface area contributed by atoms with Gasteiger partial charge in [0.15, 0.2) is 0 Å². The van der Waals surface area contributed by atoms with E-state index in [1.165, 1.54) is 17.0 Å². The molecule has 0 aromatic heterocycles. The second-order valence-electron chi connectivity index (χ2n) is 7.91. The van der Waals surface area contributed by atoms with Crippen molar-refractivity contribution in [3.8, 4) is 5.75 Å². The van der Waals surface area contributed by atoms with Crippen LogP contribution >= 0.6 is 11.8 Å². The molecule has 0 unspecified atom stereocenters. The van der Waals surface area contributed by atoms with Crippen molar-refractivity contribution in [1.82, 2.24) is 5.32 Å². The zero-order chi connectivity index (χ0) is 24.1. The van der Waals surface area contributed by atoms with Gasteiger partial charge in [-0.05, 0) is 59.3 Å². The lowest BCUT2D eigenvalue weighted by atomic mass is 10.1. The summed E-state index contributed by atoms with van der Waals surface area (Å²) in [5.41, 5.74) is 2.43. The van der Waals surface area contributed by atoms with Crippen LogP contribution in [0, 0.1) is 0 Å². The summed E-state index contributed by atoms with van der Waals surface area (Å²) in [6.45, 7) is 4.02. The van der Waals surface area contributed by atoms with Gasteiger partial charge in [0.1, 0.15) is 12.4 Å². The number of alkyl halides is 3. The molecule has 178 valence electrons. The van der Waals surface area contributed by atoms with Crippen molar-refractivity contribution in [1.29, 1.82) is 0 Å². The lowest BCUT2D eigenvalue weighted by Gasteiger charge is -2.31. The molecular weight excluding hydrogens is 461 g/mol. The highest BCUT2D eigenvalue weighted by molar-refractivity contribution is 7.99. The van der Waals surface area contributed by atoms with E-state index in [0.717, 1.165) is 34.7 Å². The summed E-state index contributed by atoms with van der Waals surface area (Å²) in [5, 5.41) is 2.94. The number of hydrogen-bond acceptors (Lipinski definition) is 4. The number of thioether (sulfide) groups is 1. The first-order valence-corrected chi connectivity index (χ1v) is 12.0. The summed E-state index contributed by atoms with van der Waals surface area (Å²) in [4.78, 5) is 15.9. The van der Waals surface area contributed by atoms with Gasteiger partial charge in [0.05, 0.1) is 17.8 Å². The lowest BCUT2D eigenvalue weighted by Crippen LogP contribution is -2.32. The first kappa shape index (κ1) is 24.0. The summed E-state index contributed by atoms with van der Waals surface area (Å²) in [6, 6.07) is 18.6. The van der Waals surface area contributed by atoms with Crippen LogP contribution in [-0.2, 0) is 19.3 Å². The Morgan fingerprint density at radius 2 is 1.74 bits per heavy atom. The van der Waals surface area contributed by atoms with Gasteiger partial charge in [-0.15, -0.1) is 11.8 Å². The molecule has 1 heterocycles. The maximum atomic E-state index is 12.8. The molecule has 8 heteroatoms. The monoisotopic (exact) mass is 486 g/mol. The second kappa shape index (κ2) is 10.4. The van der Waals surface area contributed by atoms with E-state index in [9.17, 15) is 18.0 Å². The zero-order valence-corrected chi connectivity index (χ0v) is 19.5. The first-order valence-electron chi connectivity index (χ1n) is 11.0. The Morgan fingerprint density at radius 1 is 1.03 bits per heavy atom. The third-order valence-electron chi connectivity index (χ3n) is 5.52. The van der Waals surface area contributed by atoms with Crippen LogP contribution in [0.3, 0.4) is 0 Å². The van der Waals surface area contributed by atoms with E-state index in [4.69, 9.17) is 4.74 Å². The van der Waals surface area contributed by atoms with Crippen LogP contribution in [0.2, 0.25) is 0 Å². The number of halogens is 3. The minimum atomic E-state index is -4.35. The van der Waals surface area contributed by atoms with Crippen LogP contribution in [0.1, 0.15) is 34.0 Å². The highest BCUT2D eigenvalue weighted by Crippen LogP contribution is 2.34. The van der Waals surface area contributed by atoms with Crippen molar-refractivity contribution in [2.24, 2.45) is 0 Å². The molecule has 1 aliphatic heterocycles. The Bertz CT molecular complexity index is 1130. The summed E-state index contributed by atoms with van der Waals surface area (Å²) in [5.74, 6) is 1.41. The Hall–Kier alpha value is -3.13. The molecule has 0 radical (unpaired) electrons. The van der Waals surface area contributed by atoms with Crippen LogP contribution < -0.4 is 15.0 Å². The Balaban J connectivity index is 1.40. The van der Waals surface area contributed by atoms with E-state index in [1.807, 2.05) is 35.2 Å². The van der Waals surface area contributed by atoms with Crippen LogP contribution in [-0.4, -0.2) is 24.8 Å². The van der Waals surface area contributed by atoms with E-state index in [1.54, 1.807) is 23.9 Å². The van der Waals surface area contributed by atoms with Gasteiger partial charge in [-0.1, -0.05) is 31.2 Å². The van der Waals surface area contributed by atoms with Crippen molar-refractivity contribution >= 4 is 23.4 Å². The average Bonchev–Trinajstić information content (AvgIpc) is 2.83. The number of carbonyl (C=O) groups is 1. The average molecular weight is 487 g/mol. The maximum Gasteiger partial charge on any atom is 0.416 e. The van der Waals surface area contributed by atoms with Gasteiger partial charge in [-0.2, -0.15) is 13.2 Å². The molecule has 0 spiro atoms. The van der Waals surface area contributed by atoms with E-state index >= 15 is 0 Å². The molecule has 0 atom stereocenters. The Kier molecular flexibility index (Phi) is 7.36. The number of hydrogen-bond donors (Lipinski definition) is 1. The van der Waals surface area contributed by atoms with Crippen molar-refractivity contribution in [2.75, 3.05) is 23.8 Å². The molecule has 1 amide bonds. The number of carbonyl (C=O) groups excluding carboxylic acids is 1. The largest absolute Gasteiger partial charge is 0.490 e. The molecule has 0 aliphatic carbocycles. The highest BCUT2D eigenvalue weighted by atomic mass is 32.2. The maximum absolute atomic E-state index is 12.8. The number of rotatable bonds is 7. The van der Waals surface area contributed by atoms with Crippen LogP contribution in [0.15, 0.2) is 71.6 Å². The fraction of sp³-hybridized carbons (Fsp3) is 0.269. The van der Waals surface area contributed by atoms with Crippen molar-refractivity contribution in [3.05, 3.63) is 89.0 Å². The zero-order valence-electron chi connectivity index (χ0n) is 18.7. The number of ether oxygens (including phenoxy) is 1. The van der Waals surface area contributed by atoms with E-state index < -0.39 is 11.7 Å². The lowest BCUT2D eigenvalue weighted by molar-refractivity contribution is -0.137. The topological polar surface area (TPSA) is 41.6 Å². The van der Waals surface area contributed by atoms with Gasteiger partial charge in [0.2, 0.25) is 0 Å². The van der Waals surface area contributed by atoms with Gasteiger partial charge in [-0.25, -0.2) is 0 Å².